The second-order valence-electron chi connectivity index (χ2n) is 5.62. The molecule has 3 atom stereocenters. The zero-order valence-corrected chi connectivity index (χ0v) is 11.3. The average Bonchev–Trinajstić information content (AvgIpc) is 3.00. The van der Waals surface area contributed by atoms with E-state index in [2.05, 4.69) is 10.6 Å². The number of hydrogen-bond donors (Lipinski definition) is 2. The molecule has 1 saturated heterocycles. The molecular weight excluding hydrogens is 271 g/mol. The van der Waals surface area contributed by atoms with Crippen LogP contribution in [0.2, 0.25) is 0 Å². The molecule has 1 aromatic carbocycles. The van der Waals surface area contributed by atoms with E-state index in [0.717, 1.165) is 23.4 Å². The summed E-state index contributed by atoms with van der Waals surface area (Å²) in [7, 11) is 0. The van der Waals surface area contributed by atoms with Gasteiger partial charge in [0.1, 0.15) is 11.6 Å². The highest BCUT2D eigenvalue weighted by molar-refractivity contribution is 5.78. The third kappa shape index (κ3) is 2.00. The minimum atomic E-state index is -0.287. The van der Waals surface area contributed by atoms with Gasteiger partial charge in [-0.05, 0) is 36.8 Å². The van der Waals surface area contributed by atoms with Crippen molar-refractivity contribution in [2.24, 2.45) is 5.92 Å². The van der Waals surface area contributed by atoms with Gasteiger partial charge in [-0.2, -0.15) is 0 Å². The van der Waals surface area contributed by atoms with Crippen LogP contribution in [0.5, 0.6) is 0 Å². The van der Waals surface area contributed by atoms with Gasteiger partial charge in [-0.1, -0.05) is 0 Å². The summed E-state index contributed by atoms with van der Waals surface area (Å²) in [5.41, 5.74) is 1.66. The molecule has 2 aliphatic heterocycles. The highest BCUT2D eigenvalue weighted by atomic mass is 19.1. The Morgan fingerprint density at radius 2 is 2.10 bits per heavy atom. The summed E-state index contributed by atoms with van der Waals surface area (Å²) in [4.78, 5) is 11.8. The van der Waals surface area contributed by atoms with Gasteiger partial charge >= 0.3 is 0 Å². The van der Waals surface area contributed by atoms with E-state index >= 15 is 0 Å². The number of carbonyl (C=O) groups is 1. The Labute approximate surface area is 121 Å². The van der Waals surface area contributed by atoms with E-state index in [1.54, 1.807) is 12.3 Å². The van der Waals surface area contributed by atoms with Crippen LogP contribution in [0.3, 0.4) is 0 Å². The topological polar surface area (TPSA) is 54.3 Å². The zero-order valence-electron chi connectivity index (χ0n) is 11.3. The number of benzene rings is 1. The molecule has 2 aromatic rings. The van der Waals surface area contributed by atoms with Crippen molar-refractivity contribution in [2.45, 2.75) is 24.9 Å². The molecule has 21 heavy (non-hydrogen) atoms. The summed E-state index contributed by atoms with van der Waals surface area (Å²) in [5, 5.41) is 6.44. The fourth-order valence-corrected chi connectivity index (χ4v) is 3.43. The Balaban J connectivity index is 1.81. The molecule has 0 saturated carbocycles. The zero-order chi connectivity index (χ0) is 14.4. The molecule has 0 unspecified atom stereocenters. The first-order valence-electron chi connectivity index (χ1n) is 7.11. The predicted octanol–water partition coefficient (Wildman–Crippen LogP) is 3.15. The largest absolute Gasteiger partial charge is 0.467 e. The van der Waals surface area contributed by atoms with E-state index < -0.39 is 0 Å². The lowest BCUT2D eigenvalue weighted by atomic mass is 9.76. The molecule has 4 nitrogen and oxygen atoms in total. The van der Waals surface area contributed by atoms with Crippen molar-refractivity contribution in [2.75, 3.05) is 5.32 Å². The molecule has 5 heteroatoms. The van der Waals surface area contributed by atoms with Crippen molar-refractivity contribution in [1.29, 1.82) is 0 Å². The van der Waals surface area contributed by atoms with Crippen LogP contribution in [0.4, 0.5) is 10.1 Å². The second kappa shape index (κ2) is 4.62. The number of amides is 1. The smallest absolute Gasteiger partial charge is 0.220 e. The molecule has 108 valence electrons. The molecule has 0 spiro atoms. The first-order chi connectivity index (χ1) is 10.2. The number of halogens is 1. The summed E-state index contributed by atoms with van der Waals surface area (Å²) in [6.07, 6.45) is 2.89. The van der Waals surface area contributed by atoms with Gasteiger partial charge in [-0.25, -0.2) is 4.39 Å². The second-order valence-corrected chi connectivity index (χ2v) is 5.62. The molecule has 0 aliphatic carbocycles. The van der Waals surface area contributed by atoms with Gasteiger partial charge in [0.15, 0.2) is 0 Å². The number of rotatable bonds is 1. The van der Waals surface area contributed by atoms with Crippen LogP contribution in [0.25, 0.3) is 0 Å². The van der Waals surface area contributed by atoms with E-state index in [0.29, 0.717) is 6.42 Å². The lowest BCUT2D eigenvalue weighted by Gasteiger charge is -2.42. The summed E-state index contributed by atoms with van der Waals surface area (Å²) in [5.74, 6) is 0.733. The molecule has 1 aromatic heterocycles. The Bertz CT molecular complexity index is 684. The molecule has 1 fully saturated rings. The van der Waals surface area contributed by atoms with Crippen molar-refractivity contribution in [3.05, 3.63) is 53.7 Å². The molecule has 4 rings (SSSR count). The maximum atomic E-state index is 13.6. The van der Waals surface area contributed by atoms with Crippen LogP contribution in [0, 0.1) is 11.7 Å². The maximum Gasteiger partial charge on any atom is 0.220 e. The number of anilines is 1. The SMILES string of the molecule is O=C1CC[C@@H]2[C@H](N1)c1cc(F)ccc1N[C@H]2c1ccco1. The number of hydrogen-bond acceptors (Lipinski definition) is 3. The number of fused-ring (bicyclic) bond motifs is 3. The van der Waals surface area contributed by atoms with Crippen LogP contribution in [0.1, 0.15) is 36.2 Å². The first-order valence-corrected chi connectivity index (χ1v) is 7.11. The van der Waals surface area contributed by atoms with E-state index in [1.165, 1.54) is 12.1 Å². The molecule has 2 aliphatic rings. The average molecular weight is 286 g/mol. The van der Waals surface area contributed by atoms with E-state index in [9.17, 15) is 9.18 Å². The quantitative estimate of drug-likeness (QED) is 0.846. The van der Waals surface area contributed by atoms with E-state index in [4.69, 9.17) is 4.42 Å². The lowest BCUT2D eigenvalue weighted by molar-refractivity contribution is -0.124. The fraction of sp³-hybridized carbons (Fsp3) is 0.312. The van der Waals surface area contributed by atoms with Crippen molar-refractivity contribution in [3.63, 3.8) is 0 Å². The van der Waals surface area contributed by atoms with Crippen LogP contribution in [-0.4, -0.2) is 5.91 Å². The van der Waals surface area contributed by atoms with E-state index in [1.807, 2.05) is 12.1 Å². The third-order valence-corrected chi connectivity index (χ3v) is 4.39. The minimum Gasteiger partial charge on any atom is -0.467 e. The summed E-state index contributed by atoms with van der Waals surface area (Å²) in [6, 6.07) is 8.25. The molecule has 1 amide bonds. The van der Waals surface area contributed by atoms with Crippen LogP contribution >= 0.6 is 0 Å². The van der Waals surface area contributed by atoms with Crippen molar-refractivity contribution >= 4 is 11.6 Å². The molecule has 3 heterocycles. The van der Waals surface area contributed by atoms with Gasteiger partial charge < -0.3 is 15.1 Å². The van der Waals surface area contributed by atoms with E-state index in [-0.39, 0.29) is 29.7 Å². The van der Waals surface area contributed by atoms with Gasteiger partial charge in [0.05, 0.1) is 18.3 Å². The third-order valence-electron chi connectivity index (χ3n) is 4.39. The number of nitrogens with one attached hydrogen (secondary N) is 2. The first kappa shape index (κ1) is 12.4. The molecule has 0 bridgehead atoms. The van der Waals surface area contributed by atoms with Crippen molar-refractivity contribution < 1.29 is 13.6 Å². The number of carbonyl (C=O) groups excluding carboxylic acids is 1. The highest BCUT2D eigenvalue weighted by Gasteiger charge is 2.41. The fourth-order valence-electron chi connectivity index (χ4n) is 3.43. The summed E-state index contributed by atoms with van der Waals surface area (Å²) >= 11 is 0. The Morgan fingerprint density at radius 1 is 1.19 bits per heavy atom. The summed E-state index contributed by atoms with van der Waals surface area (Å²) < 4.78 is 19.1. The van der Waals surface area contributed by atoms with Gasteiger partial charge in [-0.15, -0.1) is 0 Å². The van der Waals surface area contributed by atoms with Crippen LogP contribution in [0.15, 0.2) is 41.0 Å². The number of furan rings is 1. The van der Waals surface area contributed by atoms with Gasteiger partial charge in [0, 0.05) is 23.6 Å². The van der Waals surface area contributed by atoms with Gasteiger partial charge in [0.2, 0.25) is 5.91 Å². The van der Waals surface area contributed by atoms with Crippen molar-refractivity contribution in [1.82, 2.24) is 5.32 Å². The highest BCUT2D eigenvalue weighted by Crippen LogP contribution is 2.47. The Hall–Kier alpha value is -2.30. The minimum absolute atomic E-state index is 0.0106. The number of piperidine rings is 1. The van der Waals surface area contributed by atoms with Gasteiger partial charge in [0.25, 0.3) is 0 Å². The standard InChI is InChI=1S/C16H15FN2O2/c17-9-3-5-12-11(8-9)15-10(4-6-14(20)19-15)16(18-12)13-2-1-7-21-13/h1-3,5,7-8,10,15-16,18H,4,6H2,(H,19,20)/t10-,15+,16-/m1/s1. The lowest BCUT2D eigenvalue weighted by Crippen LogP contribution is -2.45. The van der Waals surface area contributed by atoms with Crippen molar-refractivity contribution in [3.8, 4) is 0 Å². The maximum absolute atomic E-state index is 13.6. The van der Waals surface area contributed by atoms with Crippen LogP contribution < -0.4 is 10.6 Å². The molecule has 0 radical (unpaired) electrons. The normalized spacial score (nSPS) is 27.3. The van der Waals surface area contributed by atoms with Crippen LogP contribution in [-0.2, 0) is 4.79 Å². The van der Waals surface area contributed by atoms with Gasteiger partial charge in [-0.3, -0.25) is 4.79 Å². The Kier molecular flexibility index (Phi) is 2.74. The predicted molar refractivity (Wildman–Crippen MR) is 75.1 cm³/mol. The summed E-state index contributed by atoms with van der Waals surface area (Å²) in [6.45, 7) is 0. The molecule has 2 N–H and O–H groups in total. The monoisotopic (exact) mass is 286 g/mol. The molecular formula is C16H15FN2O2. The Morgan fingerprint density at radius 3 is 2.90 bits per heavy atom.